The first-order chi connectivity index (χ1) is 16.2. The van der Waals surface area contributed by atoms with Gasteiger partial charge in [0.1, 0.15) is 11.6 Å². The van der Waals surface area contributed by atoms with E-state index in [1.165, 1.54) is 6.92 Å². The standard InChI is InChI=1S/C25H38N2O7S/c1-7-17(2)20(27-23(30)34-24(3,4)5)16-35(31,32)25(6,15-18-11-9-8-10-12-18)22(29)26-19-13-14-33-21(19)28/h8-12,17,19-20H,7,13-16H2,1-6H3,(H,26,29)(H,27,30)/t17-,19-,20?,25?/m0/s1. The lowest BCUT2D eigenvalue weighted by Gasteiger charge is -2.33. The maximum atomic E-state index is 13.9. The van der Waals surface area contributed by atoms with Gasteiger partial charge in [-0.1, -0.05) is 50.6 Å². The summed E-state index contributed by atoms with van der Waals surface area (Å²) in [5.74, 6) is -2.02. The first kappa shape index (κ1) is 28.6. The number of hydrogen-bond acceptors (Lipinski definition) is 7. The molecule has 0 radical (unpaired) electrons. The van der Waals surface area contributed by atoms with Crippen LogP contribution in [0.4, 0.5) is 4.79 Å². The highest BCUT2D eigenvalue weighted by molar-refractivity contribution is 7.93. The Morgan fingerprint density at radius 1 is 1.17 bits per heavy atom. The average molecular weight is 511 g/mol. The SMILES string of the molecule is CC[C@H](C)C(CS(=O)(=O)C(C)(Cc1ccccc1)C(=O)N[C@H]1CCOC1=O)NC(=O)OC(C)(C)C. The molecule has 2 N–H and O–H groups in total. The van der Waals surface area contributed by atoms with Crippen LogP contribution >= 0.6 is 0 Å². The Hall–Kier alpha value is -2.62. The smallest absolute Gasteiger partial charge is 0.407 e. The molecule has 1 saturated heterocycles. The second-order valence-electron chi connectivity index (χ2n) is 10.3. The van der Waals surface area contributed by atoms with E-state index in [0.717, 1.165) is 0 Å². The van der Waals surface area contributed by atoms with Crippen LogP contribution in [-0.2, 0) is 35.3 Å². The summed E-state index contributed by atoms with van der Waals surface area (Å²) in [5, 5.41) is 5.27. The van der Waals surface area contributed by atoms with E-state index in [1.807, 2.05) is 13.8 Å². The summed E-state index contributed by atoms with van der Waals surface area (Å²) in [5.41, 5.74) is -0.0940. The Kier molecular flexibility index (Phi) is 9.33. The minimum Gasteiger partial charge on any atom is -0.464 e. The van der Waals surface area contributed by atoms with E-state index in [2.05, 4.69) is 10.6 Å². The number of esters is 1. The quantitative estimate of drug-likeness (QED) is 0.463. The monoisotopic (exact) mass is 510 g/mol. The zero-order chi connectivity index (χ0) is 26.4. The van der Waals surface area contributed by atoms with Crippen molar-refractivity contribution in [3.63, 3.8) is 0 Å². The summed E-state index contributed by atoms with van der Waals surface area (Å²) >= 11 is 0. The van der Waals surface area contributed by atoms with Crippen LogP contribution in [0.2, 0.25) is 0 Å². The third-order valence-electron chi connectivity index (χ3n) is 6.22. The summed E-state index contributed by atoms with van der Waals surface area (Å²) < 4.78 is 36.1. The third kappa shape index (κ3) is 7.68. The van der Waals surface area contributed by atoms with Gasteiger partial charge in [-0.25, -0.2) is 18.0 Å². The number of carbonyl (C=O) groups is 3. The summed E-state index contributed by atoms with van der Waals surface area (Å²) in [4.78, 5) is 37.8. The first-order valence-electron chi connectivity index (χ1n) is 11.9. The second-order valence-corrected chi connectivity index (χ2v) is 12.8. The third-order valence-corrected chi connectivity index (χ3v) is 8.72. The summed E-state index contributed by atoms with van der Waals surface area (Å²) in [6.45, 7) is 10.4. The number of ether oxygens (including phenoxy) is 2. The second kappa shape index (κ2) is 11.4. The minimum atomic E-state index is -4.16. The zero-order valence-electron chi connectivity index (χ0n) is 21.4. The van der Waals surface area contributed by atoms with E-state index < -0.39 is 56.0 Å². The van der Waals surface area contributed by atoms with Gasteiger partial charge in [0.15, 0.2) is 14.6 Å². The van der Waals surface area contributed by atoms with Gasteiger partial charge in [0.25, 0.3) is 0 Å². The number of amides is 2. The van der Waals surface area contributed by atoms with Gasteiger partial charge in [0, 0.05) is 18.9 Å². The molecule has 0 saturated carbocycles. The van der Waals surface area contributed by atoms with Gasteiger partial charge >= 0.3 is 12.1 Å². The lowest BCUT2D eigenvalue weighted by Crippen LogP contribution is -2.58. The van der Waals surface area contributed by atoms with Crippen molar-refractivity contribution in [2.45, 2.75) is 83.2 Å². The van der Waals surface area contributed by atoms with Crippen LogP contribution in [0.3, 0.4) is 0 Å². The van der Waals surface area contributed by atoms with Crippen LogP contribution in [0, 0.1) is 5.92 Å². The highest BCUT2D eigenvalue weighted by Gasteiger charge is 2.49. The molecule has 196 valence electrons. The zero-order valence-corrected chi connectivity index (χ0v) is 22.2. The number of alkyl carbamates (subject to hydrolysis) is 1. The van der Waals surface area contributed by atoms with Crippen molar-refractivity contribution in [1.29, 1.82) is 0 Å². The van der Waals surface area contributed by atoms with Crippen LogP contribution < -0.4 is 10.6 Å². The topological polar surface area (TPSA) is 128 Å². The summed E-state index contributed by atoms with van der Waals surface area (Å²) in [6, 6.07) is 7.15. The first-order valence-corrected chi connectivity index (χ1v) is 13.6. The number of hydrogen-bond donors (Lipinski definition) is 2. The van der Waals surface area contributed by atoms with Gasteiger partial charge in [-0.2, -0.15) is 0 Å². The van der Waals surface area contributed by atoms with E-state index in [4.69, 9.17) is 9.47 Å². The molecule has 2 rings (SSSR count). The van der Waals surface area contributed by atoms with Crippen LogP contribution in [0.15, 0.2) is 30.3 Å². The number of rotatable bonds is 10. The summed E-state index contributed by atoms with van der Waals surface area (Å²) in [6.07, 6.45) is 0.0670. The Labute approximate surface area is 208 Å². The van der Waals surface area contributed by atoms with Crippen molar-refractivity contribution in [3.8, 4) is 0 Å². The molecule has 10 heteroatoms. The highest BCUT2D eigenvalue weighted by Crippen LogP contribution is 2.27. The molecular formula is C25H38N2O7S. The number of cyclic esters (lactones) is 1. The van der Waals surface area contributed by atoms with Gasteiger partial charge in [-0.15, -0.1) is 0 Å². The molecule has 2 unspecified atom stereocenters. The number of sulfone groups is 1. The Morgan fingerprint density at radius 3 is 2.31 bits per heavy atom. The van der Waals surface area contributed by atoms with Crippen molar-refractivity contribution in [1.82, 2.24) is 10.6 Å². The van der Waals surface area contributed by atoms with Gasteiger partial charge in [0.05, 0.1) is 12.4 Å². The van der Waals surface area contributed by atoms with Gasteiger partial charge in [0.2, 0.25) is 5.91 Å². The largest absolute Gasteiger partial charge is 0.464 e. The lowest BCUT2D eigenvalue weighted by atomic mass is 9.98. The molecule has 1 heterocycles. The van der Waals surface area contributed by atoms with Gasteiger partial charge < -0.3 is 20.1 Å². The number of benzene rings is 1. The molecule has 2 amide bonds. The minimum absolute atomic E-state index is 0.0938. The van der Waals surface area contributed by atoms with E-state index >= 15 is 0 Å². The maximum Gasteiger partial charge on any atom is 0.407 e. The average Bonchev–Trinajstić information content (AvgIpc) is 3.15. The fourth-order valence-corrected chi connectivity index (χ4v) is 5.75. The van der Waals surface area contributed by atoms with Crippen molar-refractivity contribution in [3.05, 3.63) is 35.9 Å². The van der Waals surface area contributed by atoms with Crippen molar-refractivity contribution in [2.75, 3.05) is 12.4 Å². The Bertz CT molecular complexity index is 1000. The summed E-state index contributed by atoms with van der Waals surface area (Å²) in [7, 11) is -4.16. The van der Waals surface area contributed by atoms with E-state index in [-0.39, 0.29) is 25.4 Å². The molecule has 1 fully saturated rings. The molecule has 1 aromatic carbocycles. The fourth-order valence-electron chi connectivity index (χ4n) is 3.77. The van der Waals surface area contributed by atoms with Gasteiger partial charge in [-0.3, -0.25) is 4.79 Å². The molecule has 1 aliphatic heterocycles. The van der Waals surface area contributed by atoms with Crippen molar-refractivity contribution >= 4 is 27.8 Å². The predicted molar refractivity (Wildman–Crippen MR) is 132 cm³/mol. The van der Waals surface area contributed by atoms with Crippen LogP contribution in [-0.4, -0.2) is 61.2 Å². The Morgan fingerprint density at radius 2 is 1.80 bits per heavy atom. The molecule has 0 aliphatic carbocycles. The molecule has 1 aromatic rings. The molecule has 0 spiro atoms. The number of carbonyl (C=O) groups excluding carboxylic acids is 3. The molecule has 0 bridgehead atoms. The number of nitrogens with one attached hydrogen (secondary N) is 2. The van der Waals surface area contributed by atoms with Crippen LogP contribution in [0.25, 0.3) is 0 Å². The highest BCUT2D eigenvalue weighted by atomic mass is 32.2. The molecule has 1 aliphatic rings. The molecule has 0 aromatic heterocycles. The van der Waals surface area contributed by atoms with Gasteiger partial charge in [-0.05, 0) is 39.2 Å². The molecule has 4 atom stereocenters. The lowest BCUT2D eigenvalue weighted by molar-refractivity contribution is -0.141. The van der Waals surface area contributed by atoms with Crippen molar-refractivity contribution < 1.29 is 32.3 Å². The molecular weight excluding hydrogens is 472 g/mol. The molecule has 9 nitrogen and oxygen atoms in total. The normalized spacial score (nSPS) is 19.7. The molecule has 35 heavy (non-hydrogen) atoms. The van der Waals surface area contributed by atoms with E-state index in [1.54, 1.807) is 51.1 Å². The predicted octanol–water partition coefficient (Wildman–Crippen LogP) is 2.77. The van der Waals surface area contributed by atoms with Crippen molar-refractivity contribution in [2.24, 2.45) is 5.92 Å². The van der Waals surface area contributed by atoms with E-state index in [9.17, 15) is 22.8 Å². The fraction of sp³-hybridized carbons (Fsp3) is 0.640. The Balaban J connectivity index is 2.38. The van der Waals surface area contributed by atoms with Crippen LogP contribution in [0.1, 0.15) is 59.9 Å². The van der Waals surface area contributed by atoms with Crippen LogP contribution in [0.5, 0.6) is 0 Å². The maximum absolute atomic E-state index is 13.9. The van der Waals surface area contributed by atoms with E-state index in [0.29, 0.717) is 12.0 Å².